The van der Waals surface area contributed by atoms with Crippen LogP contribution in [0.5, 0.6) is 5.75 Å². The van der Waals surface area contributed by atoms with Crippen LogP contribution < -0.4 is 10.1 Å². The predicted octanol–water partition coefficient (Wildman–Crippen LogP) is 5.15. The number of aryl methyl sites for hydroxylation is 1. The van der Waals surface area contributed by atoms with Crippen LogP contribution >= 0.6 is 27.3 Å². The van der Waals surface area contributed by atoms with Gasteiger partial charge in [-0.05, 0) is 40.0 Å². The van der Waals surface area contributed by atoms with E-state index in [0.29, 0.717) is 10.9 Å². The van der Waals surface area contributed by atoms with E-state index in [1.165, 1.54) is 16.9 Å². The molecule has 0 spiro atoms. The van der Waals surface area contributed by atoms with Gasteiger partial charge in [-0.25, -0.2) is 4.98 Å². The fourth-order valence-corrected chi connectivity index (χ4v) is 3.53. The lowest BCUT2D eigenvalue weighted by Crippen LogP contribution is -2.20. The van der Waals surface area contributed by atoms with Gasteiger partial charge in [0.1, 0.15) is 5.75 Å². The van der Waals surface area contributed by atoms with Gasteiger partial charge in [0.15, 0.2) is 11.7 Å². The maximum absolute atomic E-state index is 12.1. The molecule has 1 aromatic heterocycles. The molecule has 3 aromatic rings. The van der Waals surface area contributed by atoms with E-state index in [4.69, 9.17) is 4.74 Å². The first-order valence-electron chi connectivity index (χ1n) is 7.87. The molecule has 0 bridgehead atoms. The number of nitrogens with zero attached hydrogens (tertiary/aromatic N) is 1. The molecule has 3 rings (SSSR count). The minimum Gasteiger partial charge on any atom is -0.483 e. The molecule has 25 heavy (non-hydrogen) atoms. The fourth-order valence-electron chi connectivity index (χ4n) is 2.25. The SMILES string of the molecule is CCc1ccc(OCC(=O)Nc2nc(-c3ccccc3)cs2)c(Br)c1. The smallest absolute Gasteiger partial charge is 0.264 e. The van der Waals surface area contributed by atoms with Crippen LogP contribution in [0.4, 0.5) is 5.13 Å². The molecule has 6 heteroatoms. The van der Waals surface area contributed by atoms with Crippen LogP contribution in [0.15, 0.2) is 58.4 Å². The van der Waals surface area contributed by atoms with E-state index >= 15 is 0 Å². The first-order valence-corrected chi connectivity index (χ1v) is 9.55. The van der Waals surface area contributed by atoms with E-state index in [1.54, 1.807) is 0 Å². The van der Waals surface area contributed by atoms with E-state index in [1.807, 2.05) is 53.9 Å². The largest absolute Gasteiger partial charge is 0.483 e. The number of anilines is 1. The number of benzene rings is 2. The van der Waals surface area contributed by atoms with Crippen LogP contribution in [0.3, 0.4) is 0 Å². The van der Waals surface area contributed by atoms with Crippen LogP contribution in [-0.4, -0.2) is 17.5 Å². The third-order valence-electron chi connectivity index (χ3n) is 3.58. The van der Waals surface area contributed by atoms with Crippen molar-refractivity contribution in [2.75, 3.05) is 11.9 Å². The van der Waals surface area contributed by atoms with E-state index < -0.39 is 0 Å². The summed E-state index contributed by atoms with van der Waals surface area (Å²) >= 11 is 4.86. The molecular formula is C19H17BrN2O2S. The third kappa shape index (κ3) is 4.67. The van der Waals surface area contributed by atoms with E-state index in [2.05, 4.69) is 33.2 Å². The number of thiazole rings is 1. The number of nitrogens with one attached hydrogen (secondary N) is 1. The summed E-state index contributed by atoms with van der Waals surface area (Å²) in [5.74, 6) is 0.414. The van der Waals surface area contributed by atoms with E-state index in [0.717, 1.165) is 22.2 Å². The molecule has 0 saturated carbocycles. The number of hydrogen-bond acceptors (Lipinski definition) is 4. The van der Waals surface area contributed by atoms with Crippen molar-refractivity contribution in [2.45, 2.75) is 13.3 Å². The summed E-state index contributed by atoms with van der Waals surface area (Å²) in [6.45, 7) is 2.03. The normalized spacial score (nSPS) is 10.5. The summed E-state index contributed by atoms with van der Waals surface area (Å²) in [5, 5.41) is 5.26. The van der Waals surface area contributed by atoms with Crippen molar-refractivity contribution in [3.8, 4) is 17.0 Å². The fraction of sp³-hybridized carbons (Fsp3) is 0.158. The summed E-state index contributed by atoms with van der Waals surface area (Å²) in [5.41, 5.74) is 3.08. The molecule has 4 nitrogen and oxygen atoms in total. The summed E-state index contributed by atoms with van der Waals surface area (Å²) in [4.78, 5) is 16.5. The van der Waals surface area contributed by atoms with E-state index in [-0.39, 0.29) is 12.5 Å². The van der Waals surface area contributed by atoms with Crippen LogP contribution in [0.1, 0.15) is 12.5 Å². The number of halogens is 1. The average molecular weight is 417 g/mol. The van der Waals surface area contributed by atoms with Crippen molar-refractivity contribution in [1.29, 1.82) is 0 Å². The lowest BCUT2D eigenvalue weighted by Gasteiger charge is -2.09. The van der Waals surface area contributed by atoms with Gasteiger partial charge < -0.3 is 4.74 Å². The van der Waals surface area contributed by atoms with Crippen LogP contribution in [-0.2, 0) is 11.2 Å². The molecule has 0 fully saturated rings. The summed E-state index contributed by atoms with van der Waals surface area (Å²) < 4.78 is 6.43. The van der Waals surface area contributed by atoms with E-state index in [9.17, 15) is 4.79 Å². The van der Waals surface area contributed by atoms with Gasteiger partial charge in [0.25, 0.3) is 5.91 Å². The molecule has 1 heterocycles. The Balaban J connectivity index is 1.57. The van der Waals surface area contributed by atoms with Crippen molar-refractivity contribution in [3.63, 3.8) is 0 Å². The third-order valence-corrected chi connectivity index (χ3v) is 4.96. The van der Waals surface area contributed by atoms with Crippen LogP contribution in [0, 0.1) is 0 Å². The van der Waals surface area contributed by atoms with Gasteiger partial charge in [-0.15, -0.1) is 11.3 Å². The standard InChI is InChI=1S/C19H17BrN2O2S/c1-2-13-8-9-17(15(20)10-13)24-11-18(23)22-19-21-16(12-25-19)14-6-4-3-5-7-14/h3-10,12H,2,11H2,1H3,(H,21,22,23). The number of carbonyl (C=O) groups is 1. The van der Waals surface area contributed by atoms with Crippen molar-refractivity contribution in [2.24, 2.45) is 0 Å². The van der Waals surface area contributed by atoms with Gasteiger partial charge in [0.2, 0.25) is 0 Å². The molecule has 2 aromatic carbocycles. The van der Waals surface area contributed by atoms with Crippen molar-refractivity contribution in [3.05, 3.63) is 63.9 Å². The second kappa shape index (κ2) is 8.27. The Hall–Kier alpha value is -2.18. The lowest BCUT2D eigenvalue weighted by molar-refractivity contribution is -0.118. The Morgan fingerprint density at radius 1 is 1.24 bits per heavy atom. The number of rotatable bonds is 6. The highest BCUT2D eigenvalue weighted by molar-refractivity contribution is 9.10. The highest BCUT2D eigenvalue weighted by atomic mass is 79.9. The number of hydrogen-bond donors (Lipinski definition) is 1. The van der Waals surface area contributed by atoms with Crippen molar-refractivity contribution < 1.29 is 9.53 Å². The van der Waals surface area contributed by atoms with Gasteiger partial charge >= 0.3 is 0 Å². The second-order valence-corrected chi connectivity index (χ2v) is 7.07. The van der Waals surface area contributed by atoms with Gasteiger partial charge in [0.05, 0.1) is 10.2 Å². The van der Waals surface area contributed by atoms with Crippen LogP contribution in [0.2, 0.25) is 0 Å². The quantitative estimate of drug-likeness (QED) is 0.603. The Bertz CT molecular complexity index is 865. The number of aromatic nitrogens is 1. The highest BCUT2D eigenvalue weighted by Gasteiger charge is 2.10. The van der Waals surface area contributed by atoms with Gasteiger partial charge in [-0.2, -0.15) is 0 Å². The number of carbonyl (C=O) groups excluding carboxylic acids is 1. The topological polar surface area (TPSA) is 51.2 Å². The maximum atomic E-state index is 12.1. The summed E-state index contributed by atoms with van der Waals surface area (Å²) in [6.07, 6.45) is 0.952. The Morgan fingerprint density at radius 2 is 2.04 bits per heavy atom. The number of amides is 1. The molecule has 128 valence electrons. The first-order chi connectivity index (χ1) is 12.2. The minimum atomic E-state index is -0.236. The second-order valence-electron chi connectivity index (χ2n) is 5.36. The molecule has 1 amide bonds. The molecule has 0 aliphatic rings. The van der Waals surface area contributed by atoms with Crippen molar-refractivity contribution in [1.82, 2.24) is 4.98 Å². The molecule has 1 N–H and O–H groups in total. The van der Waals surface area contributed by atoms with Crippen molar-refractivity contribution >= 4 is 38.3 Å². The van der Waals surface area contributed by atoms with Gasteiger partial charge in [-0.1, -0.05) is 43.3 Å². The zero-order chi connectivity index (χ0) is 17.6. The average Bonchev–Trinajstić information content (AvgIpc) is 3.09. The maximum Gasteiger partial charge on any atom is 0.264 e. The first kappa shape index (κ1) is 17.6. The predicted molar refractivity (Wildman–Crippen MR) is 105 cm³/mol. The zero-order valence-electron chi connectivity index (χ0n) is 13.7. The highest BCUT2D eigenvalue weighted by Crippen LogP contribution is 2.27. The summed E-state index contributed by atoms with van der Waals surface area (Å²) in [7, 11) is 0. The molecule has 0 aliphatic heterocycles. The molecule has 0 saturated heterocycles. The minimum absolute atomic E-state index is 0.0652. The Kier molecular flexibility index (Phi) is 5.83. The summed E-state index contributed by atoms with van der Waals surface area (Å²) in [6, 6.07) is 15.7. The van der Waals surface area contributed by atoms with Gasteiger partial charge in [0, 0.05) is 10.9 Å². The lowest BCUT2D eigenvalue weighted by atomic mass is 10.2. The molecule has 0 atom stereocenters. The van der Waals surface area contributed by atoms with Crippen LogP contribution in [0.25, 0.3) is 11.3 Å². The monoisotopic (exact) mass is 416 g/mol. The zero-order valence-corrected chi connectivity index (χ0v) is 16.1. The molecule has 0 unspecified atom stereocenters. The van der Waals surface area contributed by atoms with Gasteiger partial charge in [-0.3, -0.25) is 10.1 Å². The Morgan fingerprint density at radius 3 is 2.76 bits per heavy atom. The Labute approximate surface area is 159 Å². The molecule has 0 radical (unpaired) electrons. The number of ether oxygens (including phenoxy) is 1. The molecule has 0 aliphatic carbocycles. The molecular weight excluding hydrogens is 400 g/mol.